The van der Waals surface area contributed by atoms with Gasteiger partial charge in [-0.1, -0.05) is 31.9 Å². The summed E-state index contributed by atoms with van der Waals surface area (Å²) in [4.78, 5) is 4.78. The topological polar surface area (TPSA) is 43.8 Å². The number of fused-ring (bicyclic) bond motifs is 1. The summed E-state index contributed by atoms with van der Waals surface area (Å²) in [5, 5.41) is 0. The van der Waals surface area contributed by atoms with Gasteiger partial charge in [0.25, 0.3) is 0 Å². The van der Waals surface area contributed by atoms with Crippen molar-refractivity contribution in [2.24, 2.45) is 11.7 Å². The molecule has 2 N–H and O–H groups in total. The van der Waals surface area contributed by atoms with Crippen molar-refractivity contribution in [3.63, 3.8) is 0 Å². The Morgan fingerprint density at radius 3 is 2.89 bits per heavy atom. The van der Waals surface area contributed by atoms with Crippen LogP contribution in [0.2, 0.25) is 0 Å². The van der Waals surface area contributed by atoms with Crippen LogP contribution in [0.1, 0.15) is 38.4 Å². The van der Waals surface area contributed by atoms with E-state index < -0.39 is 0 Å². The predicted molar refractivity (Wildman–Crippen MR) is 79.0 cm³/mol. The Morgan fingerprint density at radius 2 is 2.16 bits per heavy atom. The summed E-state index contributed by atoms with van der Waals surface area (Å²) < 4.78 is 2.35. The Morgan fingerprint density at radius 1 is 1.37 bits per heavy atom. The van der Waals surface area contributed by atoms with Crippen molar-refractivity contribution in [3.05, 3.63) is 30.1 Å². The van der Waals surface area contributed by atoms with Crippen molar-refractivity contribution in [2.75, 3.05) is 0 Å². The summed E-state index contributed by atoms with van der Waals surface area (Å²) in [5.74, 6) is 2.05. The summed E-state index contributed by atoms with van der Waals surface area (Å²) in [6.07, 6.45) is 5.95. The highest BCUT2D eigenvalue weighted by atomic mass is 15.1. The minimum Gasteiger partial charge on any atom is -0.328 e. The molecule has 3 heteroatoms. The van der Waals surface area contributed by atoms with Crippen molar-refractivity contribution >= 4 is 11.0 Å². The predicted octanol–water partition coefficient (Wildman–Crippen LogP) is 3.12. The van der Waals surface area contributed by atoms with E-state index in [1.807, 2.05) is 0 Å². The highest BCUT2D eigenvalue weighted by Gasteiger charge is 2.24. The van der Waals surface area contributed by atoms with Gasteiger partial charge in [0.1, 0.15) is 5.82 Å². The molecular weight excluding hydrogens is 234 g/mol. The molecule has 1 fully saturated rings. The van der Waals surface area contributed by atoms with Gasteiger partial charge < -0.3 is 10.3 Å². The first-order chi connectivity index (χ1) is 9.28. The molecule has 102 valence electrons. The van der Waals surface area contributed by atoms with Gasteiger partial charge in [0.15, 0.2) is 0 Å². The Balaban J connectivity index is 1.85. The summed E-state index contributed by atoms with van der Waals surface area (Å²) in [7, 11) is 0. The second kappa shape index (κ2) is 5.33. The number of hydrogen-bond acceptors (Lipinski definition) is 2. The molecule has 1 atom stereocenters. The van der Waals surface area contributed by atoms with Crippen LogP contribution in [0, 0.1) is 5.92 Å². The Labute approximate surface area is 114 Å². The number of benzene rings is 1. The molecular formula is C16H23N3. The van der Waals surface area contributed by atoms with Crippen LogP contribution in [0.4, 0.5) is 0 Å². The monoisotopic (exact) mass is 257 g/mol. The van der Waals surface area contributed by atoms with E-state index in [1.165, 1.54) is 18.4 Å². The lowest BCUT2D eigenvalue weighted by Gasteiger charge is -2.12. The first-order valence-electron chi connectivity index (χ1n) is 7.47. The SMILES string of the molecule is CCCn1c(CC(N)CC2CC2)nc2ccccc21. The van der Waals surface area contributed by atoms with Gasteiger partial charge in [0, 0.05) is 19.0 Å². The minimum absolute atomic E-state index is 0.264. The van der Waals surface area contributed by atoms with Gasteiger partial charge in [0.05, 0.1) is 11.0 Å². The van der Waals surface area contributed by atoms with Crippen molar-refractivity contribution in [1.29, 1.82) is 0 Å². The number of imidazole rings is 1. The molecule has 1 aromatic carbocycles. The zero-order chi connectivity index (χ0) is 13.2. The second-order valence-corrected chi connectivity index (χ2v) is 5.81. The van der Waals surface area contributed by atoms with Gasteiger partial charge in [-0.25, -0.2) is 4.98 Å². The Bertz CT molecular complexity index is 554. The van der Waals surface area contributed by atoms with E-state index in [9.17, 15) is 0 Å². The van der Waals surface area contributed by atoms with E-state index in [-0.39, 0.29) is 6.04 Å². The highest BCUT2D eigenvalue weighted by Crippen LogP contribution is 2.33. The number of nitrogens with zero attached hydrogens (tertiary/aromatic N) is 2. The number of para-hydroxylation sites is 2. The first kappa shape index (κ1) is 12.7. The van der Waals surface area contributed by atoms with Crippen molar-refractivity contribution in [1.82, 2.24) is 9.55 Å². The van der Waals surface area contributed by atoms with Gasteiger partial charge in [-0.2, -0.15) is 0 Å². The quantitative estimate of drug-likeness (QED) is 0.864. The van der Waals surface area contributed by atoms with Crippen LogP contribution in [0.25, 0.3) is 11.0 Å². The molecule has 19 heavy (non-hydrogen) atoms. The van der Waals surface area contributed by atoms with E-state index in [2.05, 4.69) is 35.8 Å². The van der Waals surface area contributed by atoms with Gasteiger partial charge in [-0.15, -0.1) is 0 Å². The summed E-state index contributed by atoms with van der Waals surface area (Å²) >= 11 is 0. The van der Waals surface area contributed by atoms with Gasteiger partial charge in [-0.3, -0.25) is 0 Å². The van der Waals surface area contributed by atoms with Crippen molar-refractivity contribution < 1.29 is 0 Å². The fourth-order valence-electron chi connectivity index (χ4n) is 2.85. The molecule has 1 unspecified atom stereocenters. The van der Waals surface area contributed by atoms with E-state index in [0.717, 1.165) is 43.1 Å². The lowest BCUT2D eigenvalue weighted by atomic mass is 10.1. The third-order valence-corrected chi connectivity index (χ3v) is 3.96. The van der Waals surface area contributed by atoms with Crippen LogP contribution in [-0.2, 0) is 13.0 Å². The van der Waals surface area contributed by atoms with E-state index in [1.54, 1.807) is 0 Å². The molecule has 3 nitrogen and oxygen atoms in total. The molecule has 0 radical (unpaired) electrons. The lowest BCUT2D eigenvalue weighted by Crippen LogP contribution is -2.25. The molecule has 1 heterocycles. The molecule has 1 aromatic heterocycles. The smallest absolute Gasteiger partial charge is 0.111 e. The largest absolute Gasteiger partial charge is 0.328 e. The molecule has 0 spiro atoms. The number of aromatic nitrogens is 2. The van der Waals surface area contributed by atoms with Crippen LogP contribution in [0.15, 0.2) is 24.3 Å². The maximum Gasteiger partial charge on any atom is 0.111 e. The van der Waals surface area contributed by atoms with Crippen LogP contribution in [0.5, 0.6) is 0 Å². The Hall–Kier alpha value is -1.35. The lowest BCUT2D eigenvalue weighted by molar-refractivity contribution is 0.535. The highest BCUT2D eigenvalue weighted by molar-refractivity contribution is 5.75. The third kappa shape index (κ3) is 2.81. The molecule has 0 bridgehead atoms. The summed E-state index contributed by atoms with van der Waals surface area (Å²) in [6, 6.07) is 8.66. The maximum absolute atomic E-state index is 6.28. The van der Waals surface area contributed by atoms with Crippen LogP contribution in [0.3, 0.4) is 0 Å². The number of nitrogens with two attached hydrogens (primary N) is 1. The minimum atomic E-state index is 0.264. The first-order valence-corrected chi connectivity index (χ1v) is 7.47. The van der Waals surface area contributed by atoms with Gasteiger partial charge in [0.2, 0.25) is 0 Å². The molecule has 1 aliphatic carbocycles. The maximum atomic E-state index is 6.28. The fourth-order valence-corrected chi connectivity index (χ4v) is 2.85. The van der Waals surface area contributed by atoms with Crippen LogP contribution < -0.4 is 5.73 Å². The third-order valence-electron chi connectivity index (χ3n) is 3.96. The molecule has 0 amide bonds. The second-order valence-electron chi connectivity index (χ2n) is 5.81. The molecule has 0 aliphatic heterocycles. The summed E-state index contributed by atoms with van der Waals surface area (Å²) in [6.45, 7) is 3.24. The zero-order valence-corrected chi connectivity index (χ0v) is 11.7. The Kier molecular flexibility index (Phi) is 3.56. The zero-order valence-electron chi connectivity index (χ0n) is 11.7. The average molecular weight is 257 g/mol. The molecule has 3 rings (SSSR count). The van der Waals surface area contributed by atoms with E-state index in [0.29, 0.717) is 0 Å². The van der Waals surface area contributed by atoms with E-state index >= 15 is 0 Å². The number of rotatable bonds is 6. The number of hydrogen-bond donors (Lipinski definition) is 1. The standard InChI is InChI=1S/C16H23N3/c1-2-9-19-15-6-4-3-5-14(15)18-16(19)11-13(17)10-12-7-8-12/h3-6,12-13H,2,7-11,17H2,1H3. The van der Waals surface area contributed by atoms with E-state index in [4.69, 9.17) is 10.7 Å². The number of aryl methyl sites for hydroxylation is 1. The molecule has 2 aromatic rings. The summed E-state index contributed by atoms with van der Waals surface area (Å²) in [5.41, 5.74) is 8.63. The molecule has 1 aliphatic rings. The van der Waals surface area contributed by atoms with Crippen molar-refractivity contribution in [3.8, 4) is 0 Å². The van der Waals surface area contributed by atoms with Crippen molar-refractivity contribution in [2.45, 2.75) is 51.6 Å². The van der Waals surface area contributed by atoms with Gasteiger partial charge in [-0.05, 0) is 30.9 Å². The van der Waals surface area contributed by atoms with Gasteiger partial charge >= 0.3 is 0 Å². The van der Waals surface area contributed by atoms with Crippen LogP contribution in [-0.4, -0.2) is 15.6 Å². The average Bonchev–Trinajstić information content (AvgIpc) is 3.14. The normalized spacial score (nSPS) is 16.9. The van der Waals surface area contributed by atoms with Crippen LogP contribution >= 0.6 is 0 Å². The fraction of sp³-hybridized carbons (Fsp3) is 0.562. The molecule has 0 saturated heterocycles. The molecule has 1 saturated carbocycles.